The van der Waals surface area contributed by atoms with Gasteiger partial charge in [0.2, 0.25) is 0 Å². The Morgan fingerprint density at radius 2 is 1.83 bits per heavy atom. The summed E-state index contributed by atoms with van der Waals surface area (Å²) in [5.74, 6) is 2.42. The van der Waals surface area contributed by atoms with Crippen molar-refractivity contribution in [2.45, 2.75) is 78.6 Å². The molecule has 23 heavy (non-hydrogen) atoms. The smallest absolute Gasteiger partial charge is 0.133 e. The molecule has 2 nitrogen and oxygen atoms in total. The first-order chi connectivity index (χ1) is 10.9. The quantitative estimate of drug-likeness (QED) is 0.647. The Balaban J connectivity index is 1.73. The average molecular weight is 314 g/mol. The van der Waals surface area contributed by atoms with Crippen molar-refractivity contribution in [3.8, 4) is 0 Å². The van der Waals surface area contributed by atoms with Crippen LogP contribution in [0.3, 0.4) is 0 Å². The molecule has 0 spiro atoms. The van der Waals surface area contributed by atoms with E-state index in [0.29, 0.717) is 28.8 Å². The van der Waals surface area contributed by atoms with Crippen molar-refractivity contribution in [1.82, 2.24) is 0 Å². The number of hydrogen-bond donors (Lipinski definition) is 0. The van der Waals surface area contributed by atoms with Gasteiger partial charge in [-0.05, 0) is 74.5 Å². The van der Waals surface area contributed by atoms with Crippen LogP contribution in [0.5, 0.6) is 0 Å². The van der Waals surface area contributed by atoms with E-state index < -0.39 is 0 Å². The minimum Gasteiger partial charge on any atom is -0.300 e. The van der Waals surface area contributed by atoms with E-state index in [9.17, 15) is 9.59 Å². The summed E-state index contributed by atoms with van der Waals surface area (Å²) in [5, 5.41) is 0. The monoisotopic (exact) mass is 314 g/mol. The Labute approximate surface area is 140 Å². The number of ketones is 2. The Morgan fingerprint density at radius 3 is 2.57 bits per heavy atom. The molecule has 4 rings (SSSR count). The summed E-state index contributed by atoms with van der Waals surface area (Å²) in [6.45, 7) is 6.62. The minimum atomic E-state index is 0.144. The first-order valence-electron chi connectivity index (χ1n) is 9.61. The highest BCUT2D eigenvalue weighted by Crippen LogP contribution is 2.64. The molecule has 3 saturated carbocycles. The molecule has 0 aromatic rings. The maximum atomic E-state index is 12.1. The fraction of sp³-hybridized carbons (Fsp3) is 0.810. The van der Waals surface area contributed by atoms with Gasteiger partial charge < -0.3 is 0 Å². The van der Waals surface area contributed by atoms with E-state index in [1.165, 1.54) is 25.7 Å². The van der Waals surface area contributed by atoms with Crippen LogP contribution in [-0.2, 0) is 9.59 Å². The van der Waals surface area contributed by atoms with Crippen LogP contribution in [0.25, 0.3) is 0 Å². The largest absolute Gasteiger partial charge is 0.300 e. The van der Waals surface area contributed by atoms with Crippen molar-refractivity contribution in [3.05, 3.63) is 11.1 Å². The second-order valence-corrected chi connectivity index (χ2v) is 9.20. The summed E-state index contributed by atoms with van der Waals surface area (Å²) in [6.07, 6.45) is 9.71. The summed E-state index contributed by atoms with van der Waals surface area (Å²) in [6, 6.07) is 0. The molecule has 0 aromatic carbocycles. The molecule has 0 aliphatic heterocycles. The molecular formula is C21H30O2. The van der Waals surface area contributed by atoms with E-state index in [4.69, 9.17) is 0 Å². The topological polar surface area (TPSA) is 34.1 Å². The number of fused-ring (bicyclic) bond motifs is 4. The van der Waals surface area contributed by atoms with Crippen LogP contribution in [0.2, 0.25) is 0 Å². The molecule has 126 valence electrons. The van der Waals surface area contributed by atoms with Crippen molar-refractivity contribution < 1.29 is 9.59 Å². The molecule has 0 saturated heterocycles. The van der Waals surface area contributed by atoms with E-state index in [1.54, 1.807) is 18.1 Å². The van der Waals surface area contributed by atoms with Gasteiger partial charge in [0.05, 0.1) is 0 Å². The van der Waals surface area contributed by atoms with Gasteiger partial charge in [0, 0.05) is 18.8 Å². The van der Waals surface area contributed by atoms with Crippen LogP contribution in [0.4, 0.5) is 0 Å². The number of carbonyl (C=O) groups excluding carboxylic acids is 2. The van der Waals surface area contributed by atoms with Crippen LogP contribution < -0.4 is 0 Å². The summed E-state index contributed by atoms with van der Waals surface area (Å²) >= 11 is 0. The second-order valence-electron chi connectivity index (χ2n) is 9.20. The SMILES string of the molecule is CC(=O)[C@H]1CCC2=C3CC[C@@H]4CC(=O)CC[C@]4(C)[C@H]3CC[C@@]21C. The zero-order valence-corrected chi connectivity index (χ0v) is 14.9. The summed E-state index contributed by atoms with van der Waals surface area (Å²) < 4.78 is 0. The third-order valence-corrected chi connectivity index (χ3v) is 8.30. The maximum Gasteiger partial charge on any atom is 0.133 e. The third-order valence-electron chi connectivity index (χ3n) is 8.30. The van der Waals surface area contributed by atoms with Gasteiger partial charge in [-0.25, -0.2) is 0 Å². The Morgan fingerprint density at radius 1 is 1.04 bits per heavy atom. The fourth-order valence-corrected chi connectivity index (χ4v) is 6.93. The lowest BCUT2D eigenvalue weighted by molar-refractivity contribution is -0.128. The van der Waals surface area contributed by atoms with Gasteiger partial charge in [0.1, 0.15) is 11.6 Å². The van der Waals surface area contributed by atoms with Crippen LogP contribution in [0.15, 0.2) is 11.1 Å². The van der Waals surface area contributed by atoms with Gasteiger partial charge in [-0.15, -0.1) is 0 Å². The Bertz CT molecular complexity index is 601. The first-order valence-corrected chi connectivity index (χ1v) is 9.61. The highest BCUT2D eigenvalue weighted by Gasteiger charge is 2.55. The fourth-order valence-electron chi connectivity index (χ4n) is 6.93. The van der Waals surface area contributed by atoms with E-state index in [-0.39, 0.29) is 11.3 Å². The molecule has 3 fully saturated rings. The average Bonchev–Trinajstić information content (AvgIpc) is 2.85. The molecule has 2 heteroatoms. The number of Topliss-reactive ketones (excluding diaryl/α,β-unsaturated/α-hetero) is 2. The molecule has 0 unspecified atom stereocenters. The van der Waals surface area contributed by atoms with Crippen molar-refractivity contribution in [1.29, 1.82) is 0 Å². The molecule has 0 heterocycles. The molecule has 0 N–H and O–H groups in total. The van der Waals surface area contributed by atoms with Crippen LogP contribution in [0, 0.1) is 28.6 Å². The molecular weight excluding hydrogens is 284 g/mol. The Kier molecular flexibility index (Phi) is 3.42. The van der Waals surface area contributed by atoms with E-state index in [0.717, 1.165) is 32.1 Å². The summed E-state index contributed by atoms with van der Waals surface area (Å²) in [4.78, 5) is 24.1. The van der Waals surface area contributed by atoms with E-state index in [1.807, 2.05) is 0 Å². The van der Waals surface area contributed by atoms with Crippen molar-refractivity contribution in [2.24, 2.45) is 28.6 Å². The third kappa shape index (κ3) is 2.06. The van der Waals surface area contributed by atoms with E-state index in [2.05, 4.69) is 13.8 Å². The van der Waals surface area contributed by atoms with Gasteiger partial charge in [-0.1, -0.05) is 25.0 Å². The van der Waals surface area contributed by atoms with Crippen LogP contribution >= 0.6 is 0 Å². The van der Waals surface area contributed by atoms with Crippen molar-refractivity contribution in [2.75, 3.05) is 0 Å². The van der Waals surface area contributed by atoms with Gasteiger partial charge in [0.25, 0.3) is 0 Å². The number of hydrogen-bond acceptors (Lipinski definition) is 2. The van der Waals surface area contributed by atoms with Crippen molar-refractivity contribution >= 4 is 11.6 Å². The molecule has 0 amide bonds. The molecule has 4 aliphatic carbocycles. The standard InChI is InChI=1S/C21H30O2/c1-13(22)17-6-7-18-16-5-4-14-12-15(23)8-10-20(14,2)19(16)9-11-21(17,18)3/h14,17,19H,4-12H2,1-3H3/t14-,17-,19+,20+,21-/m1/s1. The van der Waals surface area contributed by atoms with Gasteiger partial charge >= 0.3 is 0 Å². The summed E-state index contributed by atoms with van der Waals surface area (Å²) in [7, 11) is 0. The lowest BCUT2D eigenvalue weighted by Crippen LogP contribution is -2.47. The summed E-state index contributed by atoms with van der Waals surface area (Å²) in [5.41, 5.74) is 3.86. The van der Waals surface area contributed by atoms with Crippen LogP contribution in [0.1, 0.15) is 78.6 Å². The van der Waals surface area contributed by atoms with Crippen LogP contribution in [-0.4, -0.2) is 11.6 Å². The zero-order valence-electron chi connectivity index (χ0n) is 14.9. The normalized spacial score (nSPS) is 46.2. The molecule has 0 aromatic heterocycles. The van der Waals surface area contributed by atoms with Crippen molar-refractivity contribution in [3.63, 3.8) is 0 Å². The maximum absolute atomic E-state index is 12.1. The molecule has 0 radical (unpaired) electrons. The lowest BCUT2D eigenvalue weighted by Gasteiger charge is -2.55. The lowest BCUT2D eigenvalue weighted by atomic mass is 9.49. The van der Waals surface area contributed by atoms with Gasteiger partial charge in [-0.2, -0.15) is 0 Å². The zero-order chi connectivity index (χ0) is 16.4. The molecule has 4 aliphatic rings. The highest BCUT2D eigenvalue weighted by molar-refractivity contribution is 5.81. The predicted octanol–water partition coefficient (Wildman–Crippen LogP) is 4.87. The van der Waals surface area contributed by atoms with E-state index >= 15 is 0 Å². The first kappa shape index (κ1) is 15.6. The van der Waals surface area contributed by atoms with Gasteiger partial charge in [0.15, 0.2) is 0 Å². The second kappa shape index (κ2) is 5.04. The Hall–Kier alpha value is -0.920. The number of allylic oxidation sites excluding steroid dienone is 2. The van der Waals surface area contributed by atoms with Gasteiger partial charge in [-0.3, -0.25) is 9.59 Å². The number of carbonyl (C=O) groups is 2. The number of rotatable bonds is 1. The molecule has 0 bridgehead atoms. The minimum absolute atomic E-state index is 0.144. The highest BCUT2D eigenvalue weighted by atomic mass is 16.1. The predicted molar refractivity (Wildman–Crippen MR) is 91.0 cm³/mol. The molecule has 5 atom stereocenters.